The van der Waals surface area contributed by atoms with Gasteiger partial charge in [0.15, 0.2) is 0 Å². The zero-order valence-corrected chi connectivity index (χ0v) is 18.3. The van der Waals surface area contributed by atoms with Crippen molar-refractivity contribution in [3.63, 3.8) is 0 Å². The molecule has 1 aliphatic carbocycles. The minimum atomic E-state index is 0.483. The van der Waals surface area contributed by atoms with Crippen molar-refractivity contribution in [3.05, 3.63) is 72.2 Å². The Morgan fingerprint density at radius 1 is 1.03 bits per heavy atom. The molecule has 3 aromatic rings. The number of amides is 1. The number of rotatable bonds is 3. The fourth-order valence-electron chi connectivity index (χ4n) is 3.93. The zero-order valence-electron chi connectivity index (χ0n) is 18.3. The van der Waals surface area contributed by atoms with Crippen LogP contribution in [0.2, 0.25) is 0 Å². The van der Waals surface area contributed by atoms with Crippen molar-refractivity contribution < 1.29 is 4.79 Å². The summed E-state index contributed by atoms with van der Waals surface area (Å²) in [4.78, 5) is 16.3. The molecule has 1 aliphatic heterocycles. The van der Waals surface area contributed by atoms with Gasteiger partial charge in [0, 0.05) is 54.8 Å². The average molecular weight is 420 g/mol. The van der Waals surface area contributed by atoms with E-state index in [1.54, 1.807) is 0 Å². The standard InChI is InChI=1S/C12H14N4.C7H13NO.C6H6/c1-16-7-4-11-10(8-16)12(15-14-11)9-2-5-13-6-3-9;9-6-8-7-4-2-1-3-5-7;1-2-4-6-5-3-1/h2-3,5-6H,4,7-8H2,1H3,(H,14,15);6-7H,1-5H2,(H,8,9);1-6H. The third kappa shape index (κ3) is 7.33. The van der Waals surface area contributed by atoms with E-state index in [2.05, 4.69) is 32.4 Å². The highest BCUT2D eigenvalue weighted by molar-refractivity contribution is 5.63. The van der Waals surface area contributed by atoms with Gasteiger partial charge >= 0.3 is 0 Å². The summed E-state index contributed by atoms with van der Waals surface area (Å²) >= 11 is 0. The molecule has 1 amide bonds. The molecule has 5 rings (SSSR count). The van der Waals surface area contributed by atoms with Gasteiger partial charge in [-0.15, -0.1) is 0 Å². The van der Waals surface area contributed by atoms with Crippen LogP contribution in [0.4, 0.5) is 0 Å². The Labute approximate surface area is 185 Å². The van der Waals surface area contributed by atoms with Crippen molar-refractivity contribution in [1.29, 1.82) is 0 Å². The lowest BCUT2D eigenvalue weighted by Gasteiger charge is -2.22. The van der Waals surface area contributed by atoms with Crippen LogP contribution in [0.25, 0.3) is 11.3 Å². The Balaban J connectivity index is 0.000000153. The number of aromatic amines is 1. The summed E-state index contributed by atoms with van der Waals surface area (Å²) in [6.45, 7) is 2.08. The van der Waals surface area contributed by atoms with E-state index in [0.717, 1.165) is 37.2 Å². The smallest absolute Gasteiger partial charge is 0.207 e. The summed E-state index contributed by atoms with van der Waals surface area (Å²) in [5.41, 5.74) is 4.83. The number of carbonyl (C=O) groups is 1. The SMILES string of the molecule is CN1CCc2[nH]nc(-c3ccncc3)c2C1.O=CNC1CCCCC1.c1ccccc1. The van der Waals surface area contributed by atoms with Gasteiger partial charge in [-0.2, -0.15) is 5.10 Å². The lowest BCUT2D eigenvalue weighted by molar-refractivity contribution is -0.110. The molecule has 1 fully saturated rings. The van der Waals surface area contributed by atoms with E-state index in [-0.39, 0.29) is 0 Å². The van der Waals surface area contributed by atoms with Crippen molar-refractivity contribution in [1.82, 2.24) is 25.4 Å². The summed E-state index contributed by atoms with van der Waals surface area (Å²) in [5, 5.41) is 10.4. The second-order valence-electron chi connectivity index (χ2n) is 8.03. The van der Waals surface area contributed by atoms with E-state index in [1.807, 2.05) is 60.9 Å². The van der Waals surface area contributed by atoms with Gasteiger partial charge < -0.3 is 10.2 Å². The van der Waals surface area contributed by atoms with E-state index < -0.39 is 0 Å². The number of likely N-dealkylation sites (N-methyl/N-ethyl adjacent to an activating group) is 1. The third-order valence-electron chi connectivity index (χ3n) is 5.65. The molecule has 164 valence electrons. The van der Waals surface area contributed by atoms with Gasteiger partial charge in [-0.25, -0.2) is 0 Å². The van der Waals surface area contributed by atoms with Crippen LogP contribution < -0.4 is 5.32 Å². The van der Waals surface area contributed by atoms with Crippen LogP contribution in [0.3, 0.4) is 0 Å². The number of benzene rings is 1. The van der Waals surface area contributed by atoms with Crippen LogP contribution >= 0.6 is 0 Å². The average Bonchev–Trinajstić information content (AvgIpc) is 3.26. The summed E-state index contributed by atoms with van der Waals surface area (Å²) < 4.78 is 0. The molecule has 0 unspecified atom stereocenters. The van der Waals surface area contributed by atoms with Gasteiger partial charge in [0.05, 0.1) is 5.69 Å². The Morgan fingerprint density at radius 2 is 1.68 bits per heavy atom. The number of hydrogen-bond acceptors (Lipinski definition) is 4. The Morgan fingerprint density at radius 3 is 2.29 bits per heavy atom. The monoisotopic (exact) mass is 419 g/mol. The van der Waals surface area contributed by atoms with Gasteiger partial charge in [-0.3, -0.25) is 14.9 Å². The molecule has 2 aliphatic rings. The Bertz CT molecular complexity index is 849. The first-order valence-corrected chi connectivity index (χ1v) is 11.1. The topological polar surface area (TPSA) is 73.9 Å². The number of carbonyl (C=O) groups excluding carboxylic acids is 1. The van der Waals surface area contributed by atoms with Crippen molar-refractivity contribution in [2.24, 2.45) is 0 Å². The summed E-state index contributed by atoms with van der Waals surface area (Å²) in [5.74, 6) is 0. The zero-order chi connectivity index (χ0) is 21.7. The number of aromatic nitrogens is 3. The maximum Gasteiger partial charge on any atom is 0.207 e. The van der Waals surface area contributed by atoms with Crippen LogP contribution in [-0.2, 0) is 17.8 Å². The van der Waals surface area contributed by atoms with E-state index in [9.17, 15) is 4.79 Å². The van der Waals surface area contributed by atoms with Gasteiger partial charge in [0.25, 0.3) is 0 Å². The van der Waals surface area contributed by atoms with Crippen molar-refractivity contribution in [3.8, 4) is 11.3 Å². The number of fused-ring (bicyclic) bond motifs is 1. The van der Waals surface area contributed by atoms with Crippen LogP contribution in [0.5, 0.6) is 0 Å². The number of hydrogen-bond donors (Lipinski definition) is 2. The van der Waals surface area contributed by atoms with E-state index in [0.29, 0.717) is 6.04 Å². The normalized spacial score (nSPS) is 16.0. The number of nitrogens with one attached hydrogen (secondary N) is 2. The molecule has 2 N–H and O–H groups in total. The maximum atomic E-state index is 9.96. The number of nitrogens with zero attached hydrogens (tertiary/aromatic N) is 3. The highest BCUT2D eigenvalue weighted by Crippen LogP contribution is 2.27. The molecule has 2 aromatic heterocycles. The van der Waals surface area contributed by atoms with Crippen molar-refractivity contribution in [2.45, 2.75) is 51.1 Å². The molecule has 6 nitrogen and oxygen atoms in total. The van der Waals surface area contributed by atoms with Crippen molar-refractivity contribution in [2.75, 3.05) is 13.6 Å². The predicted molar refractivity (Wildman–Crippen MR) is 124 cm³/mol. The van der Waals surface area contributed by atoms with E-state index >= 15 is 0 Å². The van der Waals surface area contributed by atoms with E-state index in [4.69, 9.17) is 0 Å². The Hall–Kier alpha value is -2.99. The molecule has 0 spiro atoms. The summed E-state index contributed by atoms with van der Waals surface area (Å²) in [7, 11) is 2.15. The van der Waals surface area contributed by atoms with E-state index in [1.165, 1.54) is 43.4 Å². The minimum Gasteiger partial charge on any atom is -0.356 e. The minimum absolute atomic E-state index is 0.483. The molecular formula is C25H33N5O. The molecular weight excluding hydrogens is 386 g/mol. The molecule has 0 bridgehead atoms. The third-order valence-corrected chi connectivity index (χ3v) is 5.65. The first-order valence-electron chi connectivity index (χ1n) is 11.1. The van der Waals surface area contributed by atoms with Crippen molar-refractivity contribution >= 4 is 6.41 Å². The molecule has 0 saturated heterocycles. The van der Waals surface area contributed by atoms with Crippen LogP contribution in [0, 0.1) is 0 Å². The second kappa shape index (κ2) is 12.6. The Kier molecular flexibility index (Phi) is 9.26. The number of H-pyrrole nitrogens is 1. The predicted octanol–water partition coefficient (Wildman–Crippen LogP) is 4.21. The van der Waals surface area contributed by atoms with Crippen LogP contribution in [0.1, 0.15) is 43.4 Å². The first-order chi connectivity index (χ1) is 15.3. The summed E-state index contributed by atoms with van der Waals surface area (Å²) in [6, 6.07) is 16.5. The van der Waals surface area contributed by atoms with Crippen LogP contribution in [0.15, 0.2) is 60.9 Å². The van der Waals surface area contributed by atoms with Gasteiger partial charge in [-0.1, -0.05) is 55.7 Å². The molecule has 1 saturated carbocycles. The molecule has 31 heavy (non-hydrogen) atoms. The quantitative estimate of drug-likeness (QED) is 0.624. The number of pyridine rings is 1. The molecule has 3 heterocycles. The van der Waals surface area contributed by atoms with Gasteiger partial charge in [-0.05, 0) is 32.0 Å². The highest BCUT2D eigenvalue weighted by Gasteiger charge is 2.20. The molecule has 6 heteroatoms. The van der Waals surface area contributed by atoms with Crippen LogP contribution in [-0.4, -0.2) is 46.1 Å². The fourth-order valence-corrected chi connectivity index (χ4v) is 3.93. The second-order valence-corrected chi connectivity index (χ2v) is 8.03. The fraction of sp³-hybridized carbons (Fsp3) is 0.400. The highest BCUT2D eigenvalue weighted by atomic mass is 16.1. The molecule has 0 atom stereocenters. The lowest BCUT2D eigenvalue weighted by atomic mass is 9.96. The van der Waals surface area contributed by atoms with Gasteiger partial charge in [0.1, 0.15) is 0 Å². The summed E-state index contributed by atoms with van der Waals surface area (Å²) in [6.07, 6.45) is 11.8. The first kappa shape index (κ1) is 22.7. The largest absolute Gasteiger partial charge is 0.356 e. The van der Waals surface area contributed by atoms with Gasteiger partial charge in [0.2, 0.25) is 6.41 Å². The molecule has 0 radical (unpaired) electrons. The lowest BCUT2D eigenvalue weighted by Crippen LogP contribution is -2.29. The maximum absolute atomic E-state index is 9.96. The molecule has 1 aromatic carbocycles.